The number of amides is 1. The Bertz CT molecular complexity index is 699. The molecule has 1 heterocycles. The van der Waals surface area contributed by atoms with Gasteiger partial charge >= 0.3 is 0 Å². The molecule has 0 saturated carbocycles. The minimum Gasteiger partial charge on any atom is -0.481 e. The van der Waals surface area contributed by atoms with Gasteiger partial charge in [-0.3, -0.25) is 4.79 Å². The van der Waals surface area contributed by atoms with Crippen molar-refractivity contribution in [1.29, 1.82) is 0 Å². The number of benzene rings is 1. The highest BCUT2D eigenvalue weighted by atomic mass is 16.5. The molecule has 0 aliphatic rings. The van der Waals surface area contributed by atoms with Gasteiger partial charge in [-0.05, 0) is 24.5 Å². The van der Waals surface area contributed by atoms with E-state index in [0.29, 0.717) is 11.7 Å². The molecule has 0 aliphatic heterocycles. The molecule has 2 rings (SSSR count). The van der Waals surface area contributed by atoms with Crippen molar-refractivity contribution < 1.29 is 14.1 Å². The van der Waals surface area contributed by atoms with Gasteiger partial charge in [-0.1, -0.05) is 58.0 Å². The van der Waals surface area contributed by atoms with Gasteiger partial charge in [0.25, 0.3) is 5.91 Å². The van der Waals surface area contributed by atoms with Crippen LogP contribution < -0.4 is 10.1 Å². The summed E-state index contributed by atoms with van der Waals surface area (Å²) in [6.45, 7) is 12.0. The summed E-state index contributed by atoms with van der Waals surface area (Å²) in [5.74, 6) is 1.91. The smallest absolute Gasteiger partial charge is 0.266 e. The van der Waals surface area contributed by atoms with Crippen molar-refractivity contribution in [2.24, 2.45) is 0 Å². The van der Waals surface area contributed by atoms with E-state index in [-0.39, 0.29) is 11.3 Å². The molecule has 5 heteroatoms. The SMILES string of the molecule is CC(C)c1ccccc1O[C@H](C)C(=O)Nc1cc(C(C)(C)C)on1. The lowest BCUT2D eigenvalue weighted by atomic mass is 9.93. The Morgan fingerprint density at radius 1 is 1.21 bits per heavy atom. The average Bonchev–Trinajstić information content (AvgIpc) is 2.96. The number of hydrogen-bond donors (Lipinski definition) is 1. The van der Waals surface area contributed by atoms with Crippen LogP contribution in [-0.4, -0.2) is 17.2 Å². The fourth-order valence-electron chi connectivity index (χ4n) is 2.22. The maximum absolute atomic E-state index is 12.3. The molecule has 0 fully saturated rings. The lowest BCUT2D eigenvalue weighted by Gasteiger charge is -2.18. The van der Waals surface area contributed by atoms with Crippen LogP contribution in [0.1, 0.15) is 58.8 Å². The summed E-state index contributed by atoms with van der Waals surface area (Å²) in [6, 6.07) is 9.51. The Morgan fingerprint density at radius 3 is 2.46 bits per heavy atom. The fraction of sp³-hybridized carbons (Fsp3) is 0.474. The van der Waals surface area contributed by atoms with Crippen LogP contribution >= 0.6 is 0 Å². The van der Waals surface area contributed by atoms with Gasteiger partial charge in [-0.15, -0.1) is 0 Å². The van der Waals surface area contributed by atoms with E-state index in [0.717, 1.165) is 17.1 Å². The van der Waals surface area contributed by atoms with Gasteiger partial charge in [0.05, 0.1) is 0 Å². The summed E-state index contributed by atoms with van der Waals surface area (Å²) >= 11 is 0. The molecule has 1 aromatic heterocycles. The Balaban J connectivity index is 2.04. The zero-order valence-electron chi connectivity index (χ0n) is 15.2. The summed E-state index contributed by atoms with van der Waals surface area (Å²) in [7, 11) is 0. The summed E-state index contributed by atoms with van der Waals surface area (Å²) in [4.78, 5) is 12.3. The Morgan fingerprint density at radius 2 is 1.88 bits per heavy atom. The molecule has 0 bridgehead atoms. The number of para-hydroxylation sites is 1. The molecule has 0 aliphatic carbocycles. The number of nitrogens with zero attached hydrogens (tertiary/aromatic N) is 1. The fourth-order valence-corrected chi connectivity index (χ4v) is 2.22. The van der Waals surface area contributed by atoms with Crippen molar-refractivity contribution in [2.75, 3.05) is 5.32 Å². The van der Waals surface area contributed by atoms with Crippen LogP contribution in [0.4, 0.5) is 5.82 Å². The molecular formula is C19H26N2O3. The van der Waals surface area contributed by atoms with E-state index in [4.69, 9.17) is 9.26 Å². The van der Waals surface area contributed by atoms with Gasteiger partial charge < -0.3 is 14.6 Å². The number of hydrogen-bond acceptors (Lipinski definition) is 4. The number of rotatable bonds is 5. The molecule has 5 nitrogen and oxygen atoms in total. The molecule has 1 N–H and O–H groups in total. The number of aromatic nitrogens is 1. The second-order valence-corrected chi connectivity index (χ2v) is 7.27. The van der Waals surface area contributed by atoms with E-state index in [1.165, 1.54) is 0 Å². The first-order valence-corrected chi connectivity index (χ1v) is 8.22. The third-order valence-electron chi connectivity index (χ3n) is 3.71. The second kappa shape index (κ2) is 7.07. The Hall–Kier alpha value is -2.30. The van der Waals surface area contributed by atoms with E-state index in [9.17, 15) is 4.79 Å². The molecule has 1 aromatic carbocycles. The van der Waals surface area contributed by atoms with Gasteiger partial charge in [0.15, 0.2) is 11.9 Å². The molecule has 0 radical (unpaired) electrons. The van der Waals surface area contributed by atoms with Gasteiger partial charge in [0.2, 0.25) is 0 Å². The number of anilines is 1. The maximum atomic E-state index is 12.3. The van der Waals surface area contributed by atoms with Crippen LogP contribution in [-0.2, 0) is 10.2 Å². The maximum Gasteiger partial charge on any atom is 0.266 e. The van der Waals surface area contributed by atoms with Gasteiger partial charge in [0.1, 0.15) is 11.5 Å². The quantitative estimate of drug-likeness (QED) is 0.876. The van der Waals surface area contributed by atoms with Crippen molar-refractivity contribution in [3.63, 3.8) is 0 Å². The van der Waals surface area contributed by atoms with Crippen molar-refractivity contribution in [3.8, 4) is 5.75 Å². The largest absolute Gasteiger partial charge is 0.481 e. The van der Waals surface area contributed by atoms with Crippen molar-refractivity contribution in [2.45, 2.75) is 59.0 Å². The first-order chi connectivity index (χ1) is 11.2. The Labute approximate surface area is 143 Å². The molecule has 0 saturated heterocycles. The van der Waals surface area contributed by atoms with E-state index in [2.05, 4.69) is 24.3 Å². The predicted molar refractivity (Wildman–Crippen MR) is 94.5 cm³/mol. The Kier molecular flexibility index (Phi) is 5.32. The molecule has 1 amide bonds. The zero-order chi connectivity index (χ0) is 17.9. The minimum atomic E-state index is -0.639. The highest BCUT2D eigenvalue weighted by molar-refractivity contribution is 5.93. The van der Waals surface area contributed by atoms with Crippen LogP contribution in [0.5, 0.6) is 5.75 Å². The summed E-state index contributed by atoms with van der Waals surface area (Å²) in [6.07, 6.45) is -0.639. The van der Waals surface area contributed by atoms with Crippen LogP contribution in [0.3, 0.4) is 0 Å². The third kappa shape index (κ3) is 4.37. The standard InChI is InChI=1S/C19H26N2O3/c1-12(2)14-9-7-8-10-15(14)23-13(3)18(22)20-17-11-16(24-21-17)19(4,5)6/h7-13H,1-6H3,(H,20,21,22)/t13-/m1/s1. The van der Waals surface area contributed by atoms with E-state index in [1.54, 1.807) is 13.0 Å². The van der Waals surface area contributed by atoms with Crippen LogP contribution in [0.15, 0.2) is 34.9 Å². The highest BCUT2D eigenvalue weighted by Gasteiger charge is 2.22. The van der Waals surface area contributed by atoms with Crippen LogP contribution in [0.2, 0.25) is 0 Å². The monoisotopic (exact) mass is 330 g/mol. The van der Waals surface area contributed by atoms with Crippen molar-refractivity contribution in [3.05, 3.63) is 41.7 Å². The highest BCUT2D eigenvalue weighted by Crippen LogP contribution is 2.27. The van der Waals surface area contributed by atoms with Gasteiger partial charge in [0, 0.05) is 11.5 Å². The summed E-state index contributed by atoms with van der Waals surface area (Å²) in [5, 5.41) is 6.63. The van der Waals surface area contributed by atoms with Crippen LogP contribution in [0.25, 0.3) is 0 Å². The number of carbonyl (C=O) groups excluding carboxylic acids is 1. The topological polar surface area (TPSA) is 64.4 Å². The summed E-state index contributed by atoms with van der Waals surface area (Å²) in [5.41, 5.74) is 0.919. The molecule has 130 valence electrons. The van der Waals surface area contributed by atoms with Gasteiger partial charge in [-0.2, -0.15) is 0 Å². The predicted octanol–water partition coefficient (Wildman–Crippen LogP) is 4.50. The first kappa shape index (κ1) is 18.0. The van der Waals surface area contributed by atoms with E-state index >= 15 is 0 Å². The van der Waals surface area contributed by atoms with Crippen molar-refractivity contribution in [1.82, 2.24) is 5.16 Å². The van der Waals surface area contributed by atoms with Crippen LogP contribution in [0, 0.1) is 0 Å². The molecular weight excluding hydrogens is 304 g/mol. The molecule has 1 atom stereocenters. The second-order valence-electron chi connectivity index (χ2n) is 7.27. The minimum absolute atomic E-state index is 0.158. The lowest BCUT2D eigenvalue weighted by Crippen LogP contribution is -2.30. The summed E-state index contributed by atoms with van der Waals surface area (Å²) < 4.78 is 11.1. The lowest BCUT2D eigenvalue weighted by molar-refractivity contribution is -0.122. The van der Waals surface area contributed by atoms with Gasteiger partial charge in [-0.25, -0.2) is 0 Å². The zero-order valence-corrected chi connectivity index (χ0v) is 15.2. The first-order valence-electron chi connectivity index (χ1n) is 8.22. The normalized spacial score (nSPS) is 13.0. The number of nitrogens with one attached hydrogen (secondary N) is 1. The van der Waals surface area contributed by atoms with E-state index < -0.39 is 6.10 Å². The number of carbonyl (C=O) groups is 1. The molecule has 24 heavy (non-hydrogen) atoms. The molecule has 0 spiro atoms. The van der Waals surface area contributed by atoms with E-state index in [1.807, 2.05) is 45.0 Å². The van der Waals surface area contributed by atoms with Crippen molar-refractivity contribution >= 4 is 11.7 Å². The molecule has 2 aromatic rings. The average molecular weight is 330 g/mol. The number of ether oxygens (including phenoxy) is 1. The molecule has 0 unspecified atom stereocenters. The third-order valence-corrected chi connectivity index (χ3v) is 3.71.